The molecular formula is C9H5BrF2N2O2. The van der Waals surface area contributed by atoms with Crippen LogP contribution in [0.15, 0.2) is 6.07 Å². The molecule has 0 amide bonds. The fraction of sp³-hybridized carbons (Fsp3) is 0.222. The fourth-order valence-corrected chi connectivity index (χ4v) is 1.56. The monoisotopic (exact) mass is 290 g/mol. The van der Waals surface area contributed by atoms with E-state index >= 15 is 0 Å². The van der Waals surface area contributed by atoms with Crippen LogP contribution in [0.4, 0.5) is 8.78 Å². The van der Waals surface area contributed by atoms with E-state index in [0.717, 1.165) is 6.07 Å². The van der Waals surface area contributed by atoms with E-state index in [4.69, 9.17) is 10.4 Å². The lowest BCUT2D eigenvalue weighted by atomic mass is 10.1. The van der Waals surface area contributed by atoms with Gasteiger partial charge in [-0.2, -0.15) is 5.26 Å². The number of aromatic nitrogens is 1. The summed E-state index contributed by atoms with van der Waals surface area (Å²) in [5.74, 6) is -1.37. The Hall–Kier alpha value is -1.55. The minimum atomic E-state index is -2.84. The first kappa shape index (κ1) is 12.5. The number of hydrogen-bond donors (Lipinski definition) is 1. The summed E-state index contributed by atoms with van der Waals surface area (Å²) in [6, 6.07) is 2.51. The smallest absolute Gasteiger partial charge is 0.338 e. The summed E-state index contributed by atoms with van der Waals surface area (Å²) >= 11 is 2.96. The van der Waals surface area contributed by atoms with E-state index in [9.17, 15) is 13.6 Å². The van der Waals surface area contributed by atoms with Crippen LogP contribution in [-0.2, 0) is 5.33 Å². The Bertz CT molecular complexity index is 471. The van der Waals surface area contributed by atoms with Gasteiger partial charge in [-0.15, -0.1) is 0 Å². The molecule has 0 saturated carbocycles. The van der Waals surface area contributed by atoms with Crippen molar-refractivity contribution in [3.8, 4) is 6.07 Å². The van der Waals surface area contributed by atoms with Crippen LogP contribution in [0.3, 0.4) is 0 Å². The average molecular weight is 291 g/mol. The van der Waals surface area contributed by atoms with Gasteiger partial charge >= 0.3 is 5.97 Å². The van der Waals surface area contributed by atoms with Gasteiger partial charge < -0.3 is 5.11 Å². The number of alkyl halides is 3. The van der Waals surface area contributed by atoms with Gasteiger partial charge in [-0.05, 0) is 11.6 Å². The third-order valence-corrected chi connectivity index (χ3v) is 2.43. The summed E-state index contributed by atoms with van der Waals surface area (Å²) in [7, 11) is 0. The van der Waals surface area contributed by atoms with Crippen LogP contribution in [0.1, 0.15) is 33.7 Å². The van der Waals surface area contributed by atoms with Crippen LogP contribution in [-0.4, -0.2) is 16.1 Å². The highest BCUT2D eigenvalue weighted by molar-refractivity contribution is 9.08. The van der Waals surface area contributed by atoms with Crippen LogP contribution in [0.2, 0.25) is 0 Å². The topological polar surface area (TPSA) is 74.0 Å². The maximum absolute atomic E-state index is 12.5. The van der Waals surface area contributed by atoms with Crippen molar-refractivity contribution in [1.82, 2.24) is 4.98 Å². The van der Waals surface area contributed by atoms with Crippen molar-refractivity contribution in [3.05, 3.63) is 28.6 Å². The molecule has 0 atom stereocenters. The van der Waals surface area contributed by atoms with Gasteiger partial charge in [-0.3, -0.25) is 0 Å². The molecule has 0 aliphatic rings. The number of pyridine rings is 1. The lowest BCUT2D eigenvalue weighted by Crippen LogP contribution is -2.08. The number of nitrogens with zero attached hydrogens (tertiary/aromatic N) is 2. The Morgan fingerprint density at radius 1 is 1.69 bits per heavy atom. The lowest BCUT2D eigenvalue weighted by molar-refractivity contribution is 0.0695. The molecule has 0 saturated heterocycles. The summed E-state index contributed by atoms with van der Waals surface area (Å²) in [6.45, 7) is 0. The summed E-state index contributed by atoms with van der Waals surface area (Å²) in [6.07, 6.45) is -2.84. The maximum Gasteiger partial charge on any atom is 0.338 e. The zero-order chi connectivity index (χ0) is 12.3. The molecule has 7 heteroatoms. The summed E-state index contributed by atoms with van der Waals surface area (Å²) in [4.78, 5) is 14.1. The average Bonchev–Trinajstić information content (AvgIpc) is 2.26. The molecule has 16 heavy (non-hydrogen) atoms. The van der Waals surface area contributed by atoms with E-state index in [-0.39, 0.29) is 16.5 Å². The lowest BCUT2D eigenvalue weighted by Gasteiger charge is -2.07. The molecule has 1 N–H and O–H groups in total. The van der Waals surface area contributed by atoms with Gasteiger partial charge in [0, 0.05) is 5.33 Å². The zero-order valence-electron chi connectivity index (χ0n) is 7.75. The number of nitriles is 1. The zero-order valence-corrected chi connectivity index (χ0v) is 9.33. The number of hydrogen-bond acceptors (Lipinski definition) is 3. The van der Waals surface area contributed by atoms with Crippen molar-refractivity contribution in [1.29, 1.82) is 5.26 Å². The largest absolute Gasteiger partial charge is 0.478 e. The van der Waals surface area contributed by atoms with E-state index in [0.29, 0.717) is 0 Å². The fourth-order valence-electron chi connectivity index (χ4n) is 1.11. The first-order chi connectivity index (χ1) is 7.51. The van der Waals surface area contributed by atoms with Gasteiger partial charge in [0.2, 0.25) is 0 Å². The third kappa shape index (κ3) is 2.33. The van der Waals surface area contributed by atoms with E-state index in [1.807, 2.05) is 0 Å². The highest BCUT2D eigenvalue weighted by Crippen LogP contribution is 2.25. The molecule has 0 aliphatic carbocycles. The van der Waals surface area contributed by atoms with Crippen LogP contribution < -0.4 is 0 Å². The molecule has 4 nitrogen and oxygen atoms in total. The summed E-state index contributed by atoms with van der Waals surface area (Å²) in [5, 5.41) is 17.4. The van der Waals surface area contributed by atoms with Gasteiger partial charge in [0.05, 0.1) is 5.56 Å². The second kappa shape index (κ2) is 4.99. The van der Waals surface area contributed by atoms with Gasteiger partial charge in [0.1, 0.15) is 11.8 Å². The van der Waals surface area contributed by atoms with Crippen molar-refractivity contribution in [2.24, 2.45) is 0 Å². The van der Waals surface area contributed by atoms with Crippen LogP contribution in [0.5, 0.6) is 0 Å². The molecule has 0 spiro atoms. The molecule has 1 aromatic heterocycles. The van der Waals surface area contributed by atoms with Crippen molar-refractivity contribution in [2.45, 2.75) is 11.8 Å². The van der Waals surface area contributed by atoms with Crippen LogP contribution in [0.25, 0.3) is 0 Å². The van der Waals surface area contributed by atoms with Crippen LogP contribution >= 0.6 is 15.9 Å². The Kier molecular flexibility index (Phi) is 3.90. The van der Waals surface area contributed by atoms with Gasteiger partial charge in [-0.1, -0.05) is 15.9 Å². The Morgan fingerprint density at radius 2 is 2.31 bits per heavy atom. The number of carbonyl (C=O) groups is 1. The van der Waals surface area contributed by atoms with E-state index in [2.05, 4.69) is 20.9 Å². The molecule has 1 heterocycles. The maximum atomic E-state index is 12.5. The number of halogens is 3. The molecular weight excluding hydrogens is 286 g/mol. The molecule has 0 radical (unpaired) electrons. The SMILES string of the molecule is N#Cc1nc(C(F)F)c(CBr)cc1C(=O)O. The second-order valence-electron chi connectivity index (χ2n) is 2.78. The minimum Gasteiger partial charge on any atom is -0.478 e. The Balaban J connectivity index is 3.48. The standard InChI is InChI=1S/C9H5BrF2N2O2/c10-2-4-1-5(9(15)16)6(3-13)14-7(4)8(11)12/h1,8H,2H2,(H,15,16). The quantitative estimate of drug-likeness (QED) is 0.868. The van der Waals surface area contributed by atoms with E-state index < -0.39 is 23.8 Å². The molecule has 1 aromatic rings. The predicted octanol–water partition coefficient (Wildman–Crippen LogP) is 2.48. The highest BCUT2D eigenvalue weighted by atomic mass is 79.9. The van der Waals surface area contributed by atoms with Gasteiger partial charge in [0.25, 0.3) is 6.43 Å². The second-order valence-corrected chi connectivity index (χ2v) is 3.34. The molecule has 0 fully saturated rings. The molecule has 0 aromatic carbocycles. The van der Waals surface area contributed by atoms with Crippen molar-refractivity contribution in [2.75, 3.05) is 0 Å². The molecule has 0 aliphatic heterocycles. The van der Waals surface area contributed by atoms with Crippen molar-refractivity contribution >= 4 is 21.9 Å². The van der Waals surface area contributed by atoms with Crippen molar-refractivity contribution < 1.29 is 18.7 Å². The molecule has 1 rings (SSSR count). The number of carboxylic acids is 1. The Labute approximate surface area is 97.7 Å². The van der Waals surface area contributed by atoms with Gasteiger partial charge in [-0.25, -0.2) is 18.6 Å². The first-order valence-electron chi connectivity index (χ1n) is 4.02. The van der Waals surface area contributed by atoms with Crippen molar-refractivity contribution in [3.63, 3.8) is 0 Å². The first-order valence-corrected chi connectivity index (χ1v) is 5.14. The predicted molar refractivity (Wildman–Crippen MR) is 53.5 cm³/mol. The highest BCUT2D eigenvalue weighted by Gasteiger charge is 2.20. The Morgan fingerprint density at radius 3 is 2.69 bits per heavy atom. The van der Waals surface area contributed by atoms with E-state index in [1.165, 1.54) is 6.07 Å². The van der Waals surface area contributed by atoms with Crippen LogP contribution in [0, 0.1) is 11.3 Å². The molecule has 84 valence electrons. The number of rotatable bonds is 3. The minimum absolute atomic E-state index is 0.0473. The number of aromatic carboxylic acids is 1. The van der Waals surface area contributed by atoms with E-state index in [1.54, 1.807) is 0 Å². The van der Waals surface area contributed by atoms with Gasteiger partial charge in [0.15, 0.2) is 5.69 Å². The summed E-state index contributed by atoms with van der Waals surface area (Å²) in [5.41, 5.74) is -1.39. The normalized spacial score (nSPS) is 10.2. The molecule has 0 bridgehead atoms. The third-order valence-electron chi connectivity index (χ3n) is 1.82. The summed E-state index contributed by atoms with van der Waals surface area (Å²) < 4.78 is 25.0. The number of carboxylic acid groups (broad SMARTS) is 1. The molecule has 0 unspecified atom stereocenters.